The molecule has 2 N–H and O–H groups in total. The Hall–Kier alpha value is -1.38. The maximum absolute atomic E-state index is 13.0. The van der Waals surface area contributed by atoms with E-state index in [4.69, 9.17) is 35.4 Å². The van der Waals surface area contributed by atoms with Crippen molar-refractivity contribution in [2.24, 2.45) is 0 Å². The van der Waals surface area contributed by atoms with Crippen molar-refractivity contribution in [3.63, 3.8) is 0 Å². The molecule has 2 rings (SSSR count). The normalized spacial score (nSPS) is 11.5. The summed E-state index contributed by atoms with van der Waals surface area (Å²) in [6.07, 6.45) is 0. The quantitative estimate of drug-likeness (QED) is 0.602. The lowest BCUT2D eigenvalue weighted by Gasteiger charge is -2.21. The number of aryl methyl sites for hydroxylation is 1. The van der Waals surface area contributed by atoms with E-state index in [0.29, 0.717) is 34.5 Å². The van der Waals surface area contributed by atoms with E-state index in [0.717, 1.165) is 5.56 Å². The molecule has 0 saturated heterocycles. The predicted molar refractivity (Wildman–Crippen MR) is 118 cm³/mol. The summed E-state index contributed by atoms with van der Waals surface area (Å²) in [6, 6.07) is 10.1. The average Bonchev–Trinajstić information content (AvgIpc) is 2.59. The Labute approximate surface area is 175 Å². The fraction of sp³-hybridized carbons (Fsp3) is 0.278. The molecule has 0 aromatic heterocycles. The van der Waals surface area contributed by atoms with Crippen molar-refractivity contribution in [1.29, 1.82) is 0 Å². The molecule has 0 amide bonds. The zero-order valence-electron chi connectivity index (χ0n) is 15.2. The van der Waals surface area contributed by atoms with Crippen LogP contribution in [0.1, 0.15) is 19.4 Å². The molecule has 0 unspecified atom stereocenters. The van der Waals surface area contributed by atoms with Crippen LogP contribution >= 0.6 is 35.4 Å². The van der Waals surface area contributed by atoms with E-state index in [2.05, 4.69) is 10.6 Å². The molecular weight excluding hydrogens is 425 g/mol. The third kappa shape index (κ3) is 5.33. The number of anilines is 2. The lowest BCUT2D eigenvalue weighted by molar-refractivity contribution is 0.445. The van der Waals surface area contributed by atoms with Crippen molar-refractivity contribution < 1.29 is 8.42 Å². The number of nitrogens with one attached hydrogen (secondary N) is 2. The smallest absolute Gasteiger partial charge is 0.245 e. The lowest BCUT2D eigenvalue weighted by Crippen LogP contribution is -2.31. The Morgan fingerprint density at radius 1 is 1.04 bits per heavy atom. The van der Waals surface area contributed by atoms with E-state index in [1.807, 2.05) is 13.0 Å². The average molecular weight is 446 g/mol. The largest absolute Gasteiger partial charge is 0.331 e. The van der Waals surface area contributed by atoms with Gasteiger partial charge in [0, 0.05) is 18.1 Å². The van der Waals surface area contributed by atoms with E-state index in [-0.39, 0.29) is 10.0 Å². The highest BCUT2D eigenvalue weighted by atomic mass is 35.5. The molecule has 0 aliphatic heterocycles. The van der Waals surface area contributed by atoms with Crippen LogP contribution in [0, 0.1) is 6.92 Å². The summed E-state index contributed by atoms with van der Waals surface area (Å²) >= 11 is 17.4. The second-order valence-electron chi connectivity index (χ2n) is 5.79. The van der Waals surface area contributed by atoms with Gasteiger partial charge in [-0.2, -0.15) is 4.31 Å². The first kappa shape index (κ1) is 21.9. The van der Waals surface area contributed by atoms with Crippen LogP contribution in [-0.4, -0.2) is 30.9 Å². The Kier molecular flexibility index (Phi) is 7.47. The summed E-state index contributed by atoms with van der Waals surface area (Å²) in [6.45, 7) is 6.22. The molecule has 0 radical (unpaired) electrons. The summed E-state index contributed by atoms with van der Waals surface area (Å²) in [4.78, 5) is 0.178. The second-order valence-corrected chi connectivity index (χ2v) is 8.95. The molecule has 5 nitrogen and oxygen atoms in total. The molecule has 0 aliphatic carbocycles. The molecule has 0 atom stereocenters. The predicted octanol–water partition coefficient (Wildman–Crippen LogP) is 5.14. The zero-order valence-corrected chi connectivity index (χ0v) is 18.4. The number of benzene rings is 2. The molecule has 0 heterocycles. The number of hydrogen-bond acceptors (Lipinski definition) is 3. The third-order valence-electron chi connectivity index (χ3n) is 3.89. The van der Waals surface area contributed by atoms with E-state index < -0.39 is 10.0 Å². The minimum atomic E-state index is -3.65. The molecule has 2 aromatic carbocycles. The van der Waals surface area contributed by atoms with Crippen LogP contribution in [0.5, 0.6) is 0 Å². The molecule has 9 heteroatoms. The number of nitrogens with zero attached hydrogens (tertiary/aromatic N) is 1. The Morgan fingerprint density at radius 3 is 2.22 bits per heavy atom. The maximum Gasteiger partial charge on any atom is 0.245 e. The van der Waals surface area contributed by atoms with Gasteiger partial charge in [0.15, 0.2) is 5.11 Å². The summed E-state index contributed by atoms with van der Waals surface area (Å²) in [5, 5.41) is 7.06. The fourth-order valence-corrected chi connectivity index (χ4v) is 4.88. The molecule has 146 valence electrons. The molecule has 0 bridgehead atoms. The fourth-order valence-electron chi connectivity index (χ4n) is 2.52. The topological polar surface area (TPSA) is 61.4 Å². The van der Waals surface area contributed by atoms with Crippen molar-refractivity contribution in [3.8, 4) is 0 Å². The number of sulfonamides is 1. The Balaban J connectivity index is 2.32. The van der Waals surface area contributed by atoms with Crippen LogP contribution in [-0.2, 0) is 10.0 Å². The van der Waals surface area contributed by atoms with E-state index in [1.54, 1.807) is 44.2 Å². The highest BCUT2D eigenvalue weighted by Gasteiger charge is 2.25. The van der Waals surface area contributed by atoms with Crippen LogP contribution in [0.25, 0.3) is 0 Å². The van der Waals surface area contributed by atoms with Gasteiger partial charge in [0.05, 0.1) is 16.4 Å². The summed E-state index contributed by atoms with van der Waals surface area (Å²) in [5.41, 5.74) is 1.81. The highest BCUT2D eigenvalue weighted by molar-refractivity contribution is 7.89. The minimum absolute atomic E-state index is 0.178. The Morgan fingerprint density at radius 2 is 1.63 bits per heavy atom. The summed E-state index contributed by atoms with van der Waals surface area (Å²) in [5.74, 6) is 0. The van der Waals surface area contributed by atoms with Crippen molar-refractivity contribution in [3.05, 3.63) is 52.0 Å². The van der Waals surface area contributed by atoms with Crippen molar-refractivity contribution in [2.75, 3.05) is 23.7 Å². The van der Waals surface area contributed by atoms with Gasteiger partial charge in [-0.3, -0.25) is 0 Å². The van der Waals surface area contributed by atoms with Gasteiger partial charge in [0.1, 0.15) is 4.90 Å². The molecule has 0 fully saturated rings. The van der Waals surface area contributed by atoms with Crippen LogP contribution in [0.2, 0.25) is 10.0 Å². The molecule has 27 heavy (non-hydrogen) atoms. The van der Waals surface area contributed by atoms with Gasteiger partial charge in [0.25, 0.3) is 0 Å². The van der Waals surface area contributed by atoms with Gasteiger partial charge in [-0.25, -0.2) is 8.42 Å². The number of rotatable bonds is 6. The van der Waals surface area contributed by atoms with Gasteiger partial charge in [-0.15, -0.1) is 0 Å². The lowest BCUT2D eigenvalue weighted by atomic mass is 10.2. The zero-order chi connectivity index (χ0) is 20.2. The highest BCUT2D eigenvalue weighted by Crippen LogP contribution is 2.28. The summed E-state index contributed by atoms with van der Waals surface area (Å²) in [7, 11) is -3.65. The van der Waals surface area contributed by atoms with Crippen molar-refractivity contribution >= 4 is 61.9 Å². The summed E-state index contributed by atoms with van der Waals surface area (Å²) < 4.78 is 27.4. The molecule has 0 aliphatic rings. The van der Waals surface area contributed by atoms with Crippen LogP contribution in [0.4, 0.5) is 11.4 Å². The molecule has 2 aromatic rings. The van der Waals surface area contributed by atoms with Gasteiger partial charge in [-0.1, -0.05) is 43.1 Å². The molecular formula is C18H21Cl2N3O2S2. The first-order valence-electron chi connectivity index (χ1n) is 8.32. The van der Waals surface area contributed by atoms with Gasteiger partial charge in [-0.05, 0) is 55.0 Å². The van der Waals surface area contributed by atoms with Crippen molar-refractivity contribution in [1.82, 2.24) is 4.31 Å². The molecule has 0 saturated carbocycles. The third-order valence-corrected chi connectivity index (χ3v) is 6.73. The monoisotopic (exact) mass is 445 g/mol. The SMILES string of the molecule is CCN(CC)S(=O)(=O)c1cc(C)ccc1NC(=S)Nc1ccc(Cl)cc1Cl. The number of halogens is 2. The van der Waals surface area contributed by atoms with Gasteiger partial charge < -0.3 is 10.6 Å². The Bertz CT molecular complexity index is 946. The minimum Gasteiger partial charge on any atom is -0.331 e. The van der Waals surface area contributed by atoms with E-state index >= 15 is 0 Å². The van der Waals surface area contributed by atoms with Crippen LogP contribution in [0.3, 0.4) is 0 Å². The number of hydrogen-bond donors (Lipinski definition) is 2. The van der Waals surface area contributed by atoms with E-state index in [1.165, 1.54) is 4.31 Å². The second kappa shape index (κ2) is 9.21. The van der Waals surface area contributed by atoms with Gasteiger partial charge in [0.2, 0.25) is 10.0 Å². The van der Waals surface area contributed by atoms with Crippen LogP contribution in [0.15, 0.2) is 41.3 Å². The van der Waals surface area contributed by atoms with E-state index in [9.17, 15) is 8.42 Å². The van der Waals surface area contributed by atoms with Crippen molar-refractivity contribution in [2.45, 2.75) is 25.7 Å². The first-order chi connectivity index (χ1) is 12.7. The maximum atomic E-state index is 13.0. The molecule has 0 spiro atoms. The van der Waals surface area contributed by atoms with Crippen LogP contribution < -0.4 is 10.6 Å². The first-order valence-corrected chi connectivity index (χ1v) is 10.9. The standard InChI is InChI=1S/C18H21Cl2N3O2S2/c1-4-23(5-2)27(24,25)17-10-12(3)6-8-16(17)22-18(26)21-15-9-7-13(19)11-14(15)20/h6-11H,4-5H2,1-3H3,(H2,21,22,26). The number of thiocarbonyl (C=S) groups is 1. The van der Waals surface area contributed by atoms with Gasteiger partial charge >= 0.3 is 0 Å².